The van der Waals surface area contributed by atoms with Crippen LogP contribution >= 0.6 is 0 Å². The molecule has 0 aromatic heterocycles. The standard InChI is InChI=1S/C29H57BN4O4/c1-18(2)13-26(30-37-25-15-21-14-24(28(21,6)7)29(25,8)38-30)34-27(36)22(11-9-10-12-31)33-17-23(20(5)35)32-16-19(3)4/h18-26,32-33,35H,9-17,31H2,1-8H3,(H,34,36)/t20-,21+,22+,23+,24+,25-,26+,29+/m1/s1. The van der Waals surface area contributed by atoms with Gasteiger partial charge in [0, 0.05) is 12.6 Å². The van der Waals surface area contributed by atoms with Crippen molar-refractivity contribution in [2.45, 2.75) is 130 Å². The fourth-order valence-electron chi connectivity index (χ4n) is 6.99. The van der Waals surface area contributed by atoms with Crippen molar-refractivity contribution in [3.8, 4) is 0 Å². The van der Waals surface area contributed by atoms with Crippen LogP contribution in [0.15, 0.2) is 0 Å². The van der Waals surface area contributed by atoms with Crippen molar-refractivity contribution in [1.82, 2.24) is 16.0 Å². The summed E-state index contributed by atoms with van der Waals surface area (Å²) in [6.07, 6.45) is 5.03. The smallest absolute Gasteiger partial charge is 0.404 e. The molecule has 1 saturated heterocycles. The number of hydrogen-bond donors (Lipinski definition) is 5. The number of rotatable bonds is 16. The van der Waals surface area contributed by atoms with E-state index in [4.69, 9.17) is 15.0 Å². The maximum atomic E-state index is 13.7. The molecule has 4 rings (SSSR count). The molecule has 1 amide bonds. The zero-order valence-corrected chi connectivity index (χ0v) is 25.4. The van der Waals surface area contributed by atoms with Crippen LogP contribution in [0.1, 0.15) is 93.9 Å². The van der Waals surface area contributed by atoms with Crippen molar-refractivity contribution < 1.29 is 19.2 Å². The Labute approximate surface area is 232 Å². The lowest BCUT2D eigenvalue weighted by molar-refractivity contribution is -0.199. The lowest BCUT2D eigenvalue weighted by Gasteiger charge is -2.64. The Morgan fingerprint density at radius 1 is 1.05 bits per heavy atom. The number of aliphatic hydroxyl groups excluding tert-OH is 1. The zero-order valence-electron chi connectivity index (χ0n) is 25.4. The first kappa shape index (κ1) is 31.8. The van der Waals surface area contributed by atoms with Crippen LogP contribution in [0.5, 0.6) is 0 Å². The Balaban J connectivity index is 1.68. The molecule has 9 heteroatoms. The summed E-state index contributed by atoms with van der Waals surface area (Å²) in [5, 5.41) is 20.5. The molecule has 0 unspecified atom stereocenters. The van der Waals surface area contributed by atoms with E-state index in [0.717, 1.165) is 32.2 Å². The van der Waals surface area contributed by atoms with Crippen LogP contribution in [0.3, 0.4) is 0 Å². The van der Waals surface area contributed by atoms with Crippen molar-refractivity contribution in [2.75, 3.05) is 19.6 Å². The van der Waals surface area contributed by atoms with E-state index < -0.39 is 13.2 Å². The molecule has 3 aliphatic carbocycles. The monoisotopic (exact) mass is 536 g/mol. The highest BCUT2D eigenvalue weighted by atomic mass is 16.7. The average Bonchev–Trinajstić information content (AvgIpc) is 3.18. The molecule has 0 aromatic rings. The maximum Gasteiger partial charge on any atom is 0.481 e. The van der Waals surface area contributed by atoms with Crippen molar-refractivity contribution >= 4 is 13.0 Å². The number of nitrogens with two attached hydrogens (primary N) is 1. The minimum Gasteiger partial charge on any atom is -0.404 e. The highest BCUT2D eigenvalue weighted by Crippen LogP contribution is 2.65. The maximum absolute atomic E-state index is 13.7. The Kier molecular flexibility index (Phi) is 11.1. The van der Waals surface area contributed by atoms with E-state index in [1.165, 1.54) is 6.42 Å². The first-order valence-electron chi connectivity index (χ1n) is 15.3. The van der Waals surface area contributed by atoms with Crippen molar-refractivity contribution in [2.24, 2.45) is 34.8 Å². The molecule has 1 heterocycles. The number of hydrogen-bond acceptors (Lipinski definition) is 7. The van der Waals surface area contributed by atoms with Crippen molar-refractivity contribution in [3.63, 3.8) is 0 Å². The molecule has 2 bridgehead atoms. The van der Waals surface area contributed by atoms with Gasteiger partial charge < -0.3 is 36.1 Å². The third kappa shape index (κ3) is 7.32. The van der Waals surface area contributed by atoms with Crippen LogP contribution in [-0.2, 0) is 14.1 Å². The summed E-state index contributed by atoms with van der Waals surface area (Å²) >= 11 is 0. The molecule has 8 nitrogen and oxygen atoms in total. The number of nitrogens with one attached hydrogen (secondary N) is 3. The van der Waals surface area contributed by atoms with Gasteiger partial charge in [0.15, 0.2) is 0 Å². The van der Waals surface area contributed by atoms with Gasteiger partial charge >= 0.3 is 7.12 Å². The van der Waals surface area contributed by atoms with Crippen molar-refractivity contribution in [3.05, 3.63) is 0 Å². The van der Waals surface area contributed by atoms with E-state index in [1.54, 1.807) is 6.92 Å². The quantitative estimate of drug-likeness (QED) is 0.152. The largest absolute Gasteiger partial charge is 0.481 e. The van der Waals surface area contributed by atoms with E-state index in [0.29, 0.717) is 43.2 Å². The fourth-order valence-corrected chi connectivity index (χ4v) is 6.99. The molecule has 0 spiro atoms. The lowest BCUT2D eigenvalue weighted by atomic mass is 9.43. The van der Waals surface area contributed by atoms with Gasteiger partial charge in [0.2, 0.25) is 5.91 Å². The molecular formula is C29H57BN4O4. The summed E-state index contributed by atoms with van der Waals surface area (Å²) in [5.74, 6) is 1.80. The predicted molar refractivity (Wildman–Crippen MR) is 155 cm³/mol. The number of carbonyl (C=O) groups excluding carboxylic acids is 1. The van der Waals surface area contributed by atoms with Gasteiger partial charge in [-0.05, 0) is 88.1 Å². The van der Waals surface area contributed by atoms with Crippen LogP contribution in [0.2, 0.25) is 0 Å². The summed E-state index contributed by atoms with van der Waals surface area (Å²) in [6, 6.07) is -0.502. The van der Waals surface area contributed by atoms with Crippen molar-refractivity contribution in [1.29, 1.82) is 0 Å². The molecule has 6 N–H and O–H groups in total. The molecule has 1 aliphatic heterocycles. The van der Waals surface area contributed by atoms with Crippen LogP contribution in [0.25, 0.3) is 0 Å². The van der Waals surface area contributed by atoms with Crippen LogP contribution in [0, 0.1) is 29.1 Å². The molecule has 38 heavy (non-hydrogen) atoms. The van der Waals surface area contributed by atoms with Gasteiger partial charge in [0.25, 0.3) is 0 Å². The fraction of sp³-hybridized carbons (Fsp3) is 0.966. The summed E-state index contributed by atoms with van der Waals surface area (Å²) in [7, 11) is -0.436. The molecule has 3 saturated carbocycles. The Morgan fingerprint density at radius 3 is 2.34 bits per heavy atom. The first-order chi connectivity index (χ1) is 17.8. The topological polar surface area (TPSA) is 118 Å². The van der Waals surface area contributed by atoms with Gasteiger partial charge in [-0.3, -0.25) is 4.79 Å². The second kappa shape index (κ2) is 13.3. The van der Waals surface area contributed by atoms with E-state index in [1.807, 2.05) is 0 Å². The molecule has 8 atom stereocenters. The van der Waals surface area contributed by atoms with Crippen LogP contribution in [0.4, 0.5) is 0 Å². The van der Waals surface area contributed by atoms with Gasteiger partial charge in [-0.15, -0.1) is 0 Å². The molecule has 0 radical (unpaired) electrons. The van der Waals surface area contributed by atoms with Gasteiger partial charge in [0.1, 0.15) is 0 Å². The Bertz CT molecular complexity index is 767. The average molecular weight is 537 g/mol. The van der Waals surface area contributed by atoms with E-state index in [9.17, 15) is 9.90 Å². The molecular weight excluding hydrogens is 479 g/mol. The summed E-state index contributed by atoms with van der Waals surface area (Å²) in [4.78, 5) is 13.7. The molecule has 220 valence electrons. The molecule has 4 aliphatic rings. The van der Waals surface area contributed by atoms with Crippen LogP contribution < -0.4 is 21.7 Å². The van der Waals surface area contributed by atoms with Gasteiger partial charge in [-0.25, -0.2) is 0 Å². The highest BCUT2D eigenvalue weighted by Gasteiger charge is 2.68. The predicted octanol–water partition coefficient (Wildman–Crippen LogP) is 2.87. The third-order valence-corrected chi connectivity index (χ3v) is 9.57. The second-order valence-electron chi connectivity index (χ2n) is 14.0. The third-order valence-electron chi connectivity index (χ3n) is 9.57. The normalized spacial score (nSPS) is 31.1. The lowest BCUT2D eigenvalue weighted by Crippen LogP contribution is -2.65. The zero-order chi connectivity index (χ0) is 28.3. The Morgan fingerprint density at radius 2 is 1.76 bits per heavy atom. The summed E-state index contributed by atoms with van der Waals surface area (Å²) in [6.45, 7) is 19.3. The van der Waals surface area contributed by atoms with Crippen LogP contribution in [-0.4, -0.2) is 73.6 Å². The van der Waals surface area contributed by atoms with Gasteiger partial charge in [-0.1, -0.05) is 48.0 Å². The molecule has 4 fully saturated rings. The molecule has 0 aromatic carbocycles. The number of carbonyl (C=O) groups is 1. The first-order valence-corrected chi connectivity index (χ1v) is 15.3. The van der Waals surface area contributed by atoms with Gasteiger partial charge in [0.05, 0.1) is 29.8 Å². The summed E-state index contributed by atoms with van der Waals surface area (Å²) < 4.78 is 13.3. The Hall–Kier alpha value is -0.705. The van der Waals surface area contributed by atoms with Gasteiger partial charge in [-0.2, -0.15) is 0 Å². The minimum absolute atomic E-state index is 0.0299. The number of amides is 1. The summed E-state index contributed by atoms with van der Waals surface area (Å²) in [5.41, 5.74) is 5.73. The number of unbranched alkanes of at least 4 members (excludes halogenated alkanes) is 1. The van der Waals surface area contributed by atoms with E-state index >= 15 is 0 Å². The van der Waals surface area contributed by atoms with E-state index in [2.05, 4.69) is 64.4 Å². The second-order valence-corrected chi connectivity index (χ2v) is 14.0. The minimum atomic E-state index is -0.525. The number of aliphatic hydroxyl groups is 1. The highest BCUT2D eigenvalue weighted by molar-refractivity contribution is 6.47. The van der Waals surface area contributed by atoms with E-state index in [-0.39, 0.29) is 41.1 Å². The SMILES string of the molecule is CC(C)CN[C@@H](CN[C@@H](CCCCN)C(=O)N[C@@H](CC(C)C)B1O[C@@H]2C[C@@H]3C[C@@H](C3(C)C)[C@]2(C)O1)[C@@H](C)O.